The van der Waals surface area contributed by atoms with Gasteiger partial charge in [-0.3, -0.25) is 0 Å². The van der Waals surface area contributed by atoms with Crippen molar-refractivity contribution in [2.75, 3.05) is 26.4 Å². The van der Waals surface area contributed by atoms with Gasteiger partial charge in [-0.2, -0.15) is 0 Å². The molecule has 0 amide bonds. The summed E-state index contributed by atoms with van der Waals surface area (Å²) in [5.41, 5.74) is 1.10. The Hall–Kier alpha value is -1.08. The van der Waals surface area contributed by atoms with Crippen molar-refractivity contribution in [3.05, 3.63) is 35.9 Å². The highest BCUT2D eigenvalue weighted by atomic mass is 19.3. The normalized spacial score (nSPS) is 21.2. The fourth-order valence-corrected chi connectivity index (χ4v) is 2.25. The molecule has 0 radical (unpaired) electrons. The largest absolute Gasteiger partial charge is 0.396 e. The topological polar surface area (TPSA) is 47.9 Å². The Morgan fingerprint density at radius 1 is 1.04 bits per heavy atom. The van der Waals surface area contributed by atoms with E-state index in [-0.39, 0.29) is 25.4 Å². The Kier molecular flexibility index (Phi) is 7.36. The number of hydrogen-bond acceptors (Lipinski definition) is 4. The van der Waals surface area contributed by atoms with Crippen molar-refractivity contribution in [3.63, 3.8) is 0 Å². The maximum absolute atomic E-state index is 13.5. The van der Waals surface area contributed by atoms with Crippen LogP contribution in [0.4, 0.5) is 8.78 Å². The van der Waals surface area contributed by atoms with Gasteiger partial charge in [-0.05, 0) is 24.8 Å². The summed E-state index contributed by atoms with van der Waals surface area (Å²) in [5, 5.41) is 8.55. The number of rotatable bonds is 11. The van der Waals surface area contributed by atoms with Gasteiger partial charge in [0.25, 0.3) is 5.92 Å². The number of aliphatic hydroxyl groups excluding tert-OH is 1. The minimum Gasteiger partial charge on any atom is -0.396 e. The second-order valence-corrected chi connectivity index (χ2v) is 5.81. The predicted octanol–water partition coefficient (Wildman–Crippen LogP) is 2.79. The summed E-state index contributed by atoms with van der Waals surface area (Å²) in [7, 11) is 0. The molecule has 1 aliphatic rings. The van der Waals surface area contributed by atoms with Gasteiger partial charge in [0, 0.05) is 13.2 Å². The van der Waals surface area contributed by atoms with Gasteiger partial charge in [0.2, 0.25) is 0 Å². The van der Waals surface area contributed by atoms with Gasteiger partial charge in [-0.25, -0.2) is 8.78 Å². The highest BCUT2D eigenvalue weighted by Crippen LogP contribution is 2.29. The van der Waals surface area contributed by atoms with Crippen molar-refractivity contribution >= 4 is 0 Å². The van der Waals surface area contributed by atoms with Crippen molar-refractivity contribution < 1.29 is 28.1 Å². The van der Waals surface area contributed by atoms with Gasteiger partial charge >= 0.3 is 0 Å². The van der Waals surface area contributed by atoms with Crippen molar-refractivity contribution in [1.29, 1.82) is 0 Å². The van der Waals surface area contributed by atoms with Crippen molar-refractivity contribution in [3.8, 4) is 0 Å². The van der Waals surface area contributed by atoms with Crippen LogP contribution in [0.1, 0.15) is 24.8 Å². The second-order valence-electron chi connectivity index (χ2n) is 5.81. The lowest BCUT2D eigenvalue weighted by atomic mass is 9.92. The molecule has 4 nitrogen and oxygen atoms in total. The summed E-state index contributed by atoms with van der Waals surface area (Å²) in [6, 6.07) is 9.84. The molecule has 1 aromatic rings. The van der Waals surface area contributed by atoms with Crippen LogP contribution in [-0.4, -0.2) is 49.7 Å². The molecular weight excluding hydrogens is 306 g/mol. The molecule has 0 bridgehead atoms. The summed E-state index contributed by atoms with van der Waals surface area (Å²) in [5.74, 6) is -2.99. The molecule has 23 heavy (non-hydrogen) atoms. The van der Waals surface area contributed by atoms with E-state index in [1.165, 1.54) is 0 Å². The number of benzene rings is 1. The van der Waals surface area contributed by atoms with Crippen LogP contribution >= 0.6 is 0 Å². The first kappa shape index (κ1) is 18.3. The quantitative estimate of drug-likeness (QED) is 0.634. The number of ether oxygens (including phenoxy) is 3. The van der Waals surface area contributed by atoms with Gasteiger partial charge in [0.1, 0.15) is 13.2 Å². The first-order valence-corrected chi connectivity index (χ1v) is 7.92. The van der Waals surface area contributed by atoms with Crippen LogP contribution < -0.4 is 0 Å². The van der Waals surface area contributed by atoms with E-state index >= 15 is 0 Å². The number of halogens is 2. The lowest BCUT2D eigenvalue weighted by molar-refractivity contribution is -0.170. The molecule has 6 heteroatoms. The molecule has 2 rings (SSSR count). The van der Waals surface area contributed by atoms with Crippen molar-refractivity contribution in [2.45, 2.75) is 44.0 Å². The first-order valence-electron chi connectivity index (χ1n) is 7.92. The molecule has 1 N–H and O–H groups in total. The van der Waals surface area contributed by atoms with E-state index in [1.54, 1.807) is 0 Å². The smallest absolute Gasteiger partial charge is 0.293 e. The Balaban J connectivity index is 1.53. The van der Waals surface area contributed by atoms with Crippen molar-refractivity contribution in [1.82, 2.24) is 0 Å². The summed E-state index contributed by atoms with van der Waals surface area (Å²) < 4.78 is 42.7. The van der Waals surface area contributed by atoms with Gasteiger partial charge < -0.3 is 19.3 Å². The zero-order chi connectivity index (χ0) is 16.5. The van der Waals surface area contributed by atoms with Crippen LogP contribution in [0.25, 0.3) is 0 Å². The third kappa shape index (κ3) is 6.91. The van der Waals surface area contributed by atoms with Crippen LogP contribution in [0.2, 0.25) is 0 Å². The lowest BCUT2D eigenvalue weighted by Crippen LogP contribution is -2.41. The van der Waals surface area contributed by atoms with E-state index in [0.29, 0.717) is 25.9 Å². The number of alkyl halides is 2. The highest BCUT2D eigenvalue weighted by molar-refractivity contribution is 5.13. The van der Waals surface area contributed by atoms with Crippen LogP contribution in [0, 0.1) is 0 Å². The molecule has 0 spiro atoms. The minimum absolute atomic E-state index is 0.0610. The van der Waals surface area contributed by atoms with Gasteiger partial charge in [0.15, 0.2) is 0 Å². The number of hydrogen-bond donors (Lipinski definition) is 1. The van der Waals surface area contributed by atoms with Gasteiger partial charge in [-0.1, -0.05) is 30.3 Å². The molecule has 0 unspecified atom stereocenters. The number of aliphatic hydroxyl groups is 1. The zero-order valence-electron chi connectivity index (χ0n) is 13.1. The summed E-state index contributed by atoms with van der Waals surface area (Å²) in [6.45, 7) is -0.706. The van der Waals surface area contributed by atoms with Crippen LogP contribution in [0.3, 0.4) is 0 Å². The van der Waals surface area contributed by atoms with E-state index < -0.39 is 19.1 Å². The Morgan fingerprint density at radius 2 is 1.74 bits per heavy atom. The molecule has 1 fully saturated rings. The monoisotopic (exact) mass is 330 g/mol. The van der Waals surface area contributed by atoms with E-state index in [2.05, 4.69) is 0 Å². The Labute approximate surface area is 135 Å². The molecule has 1 saturated carbocycles. The molecule has 130 valence electrons. The van der Waals surface area contributed by atoms with Crippen LogP contribution in [0.15, 0.2) is 30.3 Å². The standard InChI is InChI=1S/C17H24F2O4/c18-17(19,12-21-8-4-7-20)13-23-16-9-15(10-16)22-11-14-5-2-1-3-6-14/h1-3,5-6,15-16,20H,4,7-13H2. The van der Waals surface area contributed by atoms with Crippen LogP contribution in [0.5, 0.6) is 0 Å². The fourth-order valence-electron chi connectivity index (χ4n) is 2.25. The Morgan fingerprint density at radius 3 is 2.43 bits per heavy atom. The molecule has 1 aromatic carbocycles. The fraction of sp³-hybridized carbons (Fsp3) is 0.647. The van der Waals surface area contributed by atoms with E-state index in [9.17, 15) is 8.78 Å². The third-order valence-electron chi connectivity index (χ3n) is 3.67. The van der Waals surface area contributed by atoms with E-state index in [1.807, 2.05) is 30.3 Å². The predicted molar refractivity (Wildman–Crippen MR) is 81.5 cm³/mol. The van der Waals surface area contributed by atoms with E-state index in [4.69, 9.17) is 19.3 Å². The summed E-state index contributed by atoms with van der Waals surface area (Å²) >= 11 is 0. The molecule has 0 atom stereocenters. The molecule has 1 aliphatic carbocycles. The molecule has 0 aromatic heterocycles. The lowest BCUT2D eigenvalue weighted by Gasteiger charge is -2.35. The molecular formula is C17H24F2O4. The first-order chi connectivity index (χ1) is 11.1. The zero-order valence-corrected chi connectivity index (χ0v) is 13.1. The summed E-state index contributed by atoms with van der Waals surface area (Å²) in [4.78, 5) is 0. The Bertz CT molecular complexity index is 435. The highest BCUT2D eigenvalue weighted by Gasteiger charge is 2.36. The average molecular weight is 330 g/mol. The van der Waals surface area contributed by atoms with Gasteiger partial charge in [-0.15, -0.1) is 0 Å². The maximum Gasteiger partial charge on any atom is 0.293 e. The average Bonchev–Trinajstić information content (AvgIpc) is 2.50. The van der Waals surface area contributed by atoms with Crippen LogP contribution in [-0.2, 0) is 20.8 Å². The summed E-state index contributed by atoms with van der Waals surface area (Å²) in [6.07, 6.45) is 1.57. The second kappa shape index (κ2) is 9.27. The molecule has 0 saturated heterocycles. The SMILES string of the molecule is OCCCOCC(F)(F)COC1CC(OCc2ccccc2)C1. The van der Waals surface area contributed by atoms with Gasteiger partial charge in [0.05, 0.1) is 18.8 Å². The minimum atomic E-state index is -2.99. The third-order valence-corrected chi connectivity index (χ3v) is 3.67. The molecule has 0 heterocycles. The van der Waals surface area contributed by atoms with Crippen molar-refractivity contribution in [2.24, 2.45) is 0 Å². The van der Waals surface area contributed by atoms with E-state index in [0.717, 1.165) is 5.56 Å². The maximum atomic E-state index is 13.5. The molecule has 0 aliphatic heterocycles.